The van der Waals surface area contributed by atoms with Crippen LogP contribution in [0.15, 0.2) is 10.9 Å². The Morgan fingerprint density at radius 2 is 2.15 bits per heavy atom. The number of aromatic nitrogens is 2. The van der Waals surface area contributed by atoms with Crippen LogP contribution in [0.3, 0.4) is 0 Å². The van der Waals surface area contributed by atoms with Crippen LogP contribution in [0.5, 0.6) is 0 Å². The molecule has 6 nitrogen and oxygen atoms in total. The fraction of sp³-hybridized carbons (Fsp3) is 0.643. The molecule has 2 bridgehead atoms. The third-order valence-corrected chi connectivity index (χ3v) is 4.83. The van der Waals surface area contributed by atoms with Crippen molar-refractivity contribution in [2.24, 2.45) is 5.92 Å². The lowest BCUT2D eigenvalue weighted by atomic mass is 9.89. The summed E-state index contributed by atoms with van der Waals surface area (Å²) in [6, 6.07) is 1.74. The molecule has 1 aromatic rings. The molecule has 2 saturated heterocycles. The van der Waals surface area contributed by atoms with Gasteiger partial charge in [-0.15, -0.1) is 0 Å². The highest BCUT2D eigenvalue weighted by molar-refractivity contribution is 5.73. The fourth-order valence-electron chi connectivity index (χ4n) is 3.76. The van der Waals surface area contributed by atoms with Gasteiger partial charge in [-0.2, -0.15) is 0 Å². The zero-order valence-electron chi connectivity index (χ0n) is 11.1. The first-order valence-corrected chi connectivity index (χ1v) is 7.26. The van der Waals surface area contributed by atoms with Crippen LogP contribution >= 0.6 is 0 Å². The summed E-state index contributed by atoms with van der Waals surface area (Å²) in [7, 11) is 0. The van der Waals surface area contributed by atoms with Gasteiger partial charge in [0, 0.05) is 24.1 Å². The van der Waals surface area contributed by atoms with Gasteiger partial charge in [0.15, 0.2) is 0 Å². The van der Waals surface area contributed by atoms with E-state index in [4.69, 9.17) is 0 Å². The zero-order chi connectivity index (χ0) is 13.9. The molecule has 4 rings (SSSR count). The predicted molar refractivity (Wildman–Crippen MR) is 71.9 cm³/mol. The average Bonchev–Trinajstić information content (AvgIpc) is 3.10. The van der Waals surface area contributed by atoms with Gasteiger partial charge >= 0.3 is 5.97 Å². The number of nitrogens with zero attached hydrogens (tertiary/aromatic N) is 2. The van der Waals surface area contributed by atoms with Gasteiger partial charge in [-0.05, 0) is 32.1 Å². The van der Waals surface area contributed by atoms with E-state index in [1.165, 1.54) is 6.07 Å². The summed E-state index contributed by atoms with van der Waals surface area (Å²) in [5, 5.41) is 9.29. The largest absolute Gasteiger partial charge is 0.481 e. The van der Waals surface area contributed by atoms with Gasteiger partial charge in [0.2, 0.25) is 0 Å². The Morgan fingerprint density at radius 1 is 1.35 bits per heavy atom. The number of aromatic amines is 1. The number of fused-ring (bicyclic) bond motifs is 2. The van der Waals surface area contributed by atoms with E-state index in [0.717, 1.165) is 31.5 Å². The predicted octanol–water partition coefficient (Wildman–Crippen LogP) is 1.09. The summed E-state index contributed by atoms with van der Waals surface area (Å²) in [5.41, 5.74) is -0.130. The minimum Gasteiger partial charge on any atom is -0.481 e. The molecule has 3 fully saturated rings. The molecule has 3 unspecified atom stereocenters. The first-order valence-electron chi connectivity index (χ1n) is 7.26. The van der Waals surface area contributed by atoms with Crippen LogP contribution in [0.25, 0.3) is 0 Å². The van der Waals surface area contributed by atoms with Crippen LogP contribution in [0.1, 0.15) is 43.8 Å². The van der Waals surface area contributed by atoms with Crippen molar-refractivity contribution in [3.8, 4) is 0 Å². The van der Waals surface area contributed by atoms with Crippen molar-refractivity contribution < 1.29 is 9.90 Å². The molecule has 2 aliphatic heterocycles. The van der Waals surface area contributed by atoms with Crippen LogP contribution in [-0.2, 0) is 4.79 Å². The lowest BCUT2D eigenvalue weighted by Gasteiger charge is -2.24. The number of aliphatic carboxylic acids is 1. The molecule has 1 aliphatic carbocycles. The molecular weight excluding hydrogens is 258 g/mol. The first kappa shape index (κ1) is 11.9. The summed E-state index contributed by atoms with van der Waals surface area (Å²) in [6.45, 7) is 0. The highest BCUT2D eigenvalue weighted by atomic mass is 16.4. The lowest BCUT2D eigenvalue weighted by Crippen LogP contribution is -2.34. The number of H-pyrrole nitrogens is 1. The summed E-state index contributed by atoms with van der Waals surface area (Å²) < 4.78 is 0. The average molecular weight is 275 g/mol. The molecule has 1 saturated carbocycles. The monoisotopic (exact) mass is 275 g/mol. The Morgan fingerprint density at radius 3 is 2.80 bits per heavy atom. The van der Waals surface area contributed by atoms with Crippen molar-refractivity contribution in [2.45, 2.75) is 50.1 Å². The molecule has 3 heterocycles. The molecule has 1 aromatic heterocycles. The third-order valence-electron chi connectivity index (χ3n) is 4.83. The molecule has 0 radical (unpaired) electrons. The maximum absolute atomic E-state index is 11.8. The van der Waals surface area contributed by atoms with E-state index in [1.54, 1.807) is 0 Å². The smallest absolute Gasteiger partial charge is 0.308 e. The fourth-order valence-corrected chi connectivity index (χ4v) is 3.76. The SMILES string of the molecule is O=C(O)C1CC2CCC1N2c1cc(=O)[nH]c(C2CC2)n1. The second-order valence-corrected chi connectivity index (χ2v) is 6.15. The summed E-state index contributed by atoms with van der Waals surface area (Å²) in [5.74, 6) is 0.782. The maximum atomic E-state index is 11.8. The van der Waals surface area contributed by atoms with Crippen molar-refractivity contribution >= 4 is 11.8 Å². The maximum Gasteiger partial charge on any atom is 0.308 e. The van der Waals surface area contributed by atoms with E-state index >= 15 is 0 Å². The number of rotatable bonds is 3. The summed E-state index contributed by atoms with van der Waals surface area (Å²) >= 11 is 0. The molecule has 2 N–H and O–H groups in total. The minimum atomic E-state index is -0.727. The molecule has 3 aliphatic rings. The van der Waals surface area contributed by atoms with E-state index in [0.29, 0.717) is 18.2 Å². The molecule has 20 heavy (non-hydrogen) atoms. The second kappa shape index (κ2) is 4.07. The number of anilines is 1. The van der Waals surface area contributed by atoms with Gasteiger partial charge in [0.05, 0.1) is 5.92 Å². The van der Waals surface area contributed by atoms with Crippen LogP contribution in [0.4, 0.5) is 5.82 Å². The van der Waals surface area contributed by atoms with Crippen LogP contribution in [0.2, 0.25) is 0 Å². The van der Waals surface area contributed by atoms with Crippen LogP contribution < -0.4 is 10.5 Å². The van der Waals surface area contributed by atoms with Crippen molar-refractivity contribution in [1.29, 1.82) is 0 Å². The van der Waals surface area contributed by atoms with E-state index in [1.807, 2.05) is 0 Å². The highest BCUT2D eigenvalue weighted by Gasteiger charge is 2.50. The first-order chi connectivity index (χ1) is 9.63. The van der Waals surface area contributed by atoms with Crippen LogP contribution in [-0.4, -0.2) is 33.1 Å². The van der Waals surface area contributed by atoms with E-state index in [9.17, 15) is 14.7 Å². The van der Waals surface area contributed by atoms with E-state index in [-0.39, 0.29) is 23.6 Å². The summed E-state index contributed by atoms with van der Waals surface area (Å²) in [4.78, 5) is 32.6. The minimum absolute atomic E-state index is 0.00106. The Labute approximate surface area is 115 Å². The number of carboxylic acids is 1. The highest BCUT2D eigenvalue weighted by Crippen LogP contribution is 2.44. The topological polar surface area (TPSA) is 86.3 Å². The Hall–Kier alpha value is -1.85. The number of hydrogen-bond acceptors (Lipinski definition) is 4. The van der Waals surface area contributed by atoms with Crippen LogP contribution in [0, 0.1) is 5.92 Å². The number of carboxylic acid groups (broad SMARTS) is 1. The van der Waals surface area contributed by atoms with Crippen molar-refractivity contribution in [1.82, 2.24) is 9.97 Å². The normalized spacial score (nSPS) is 31.8. The van der Waals surface area contributed by atoms with E-state index < -0.39 is 5.97 Å². The molecule has 0 amide bonds. The van der Waals surface area contributed by atoms with Crippen molar-refractivity contribution in [3.63, 3.8) is 0 Å². The molecule has 0 spiro atoms. The van der Waals surface area contributed by atoms with Gasteiger partial charge in [-0.25, -0.2) is 4.98 Å². The van der Waals surface area contributed by atoms with Gasteiger partial charge in [-0.1, -0.05) is 0 Å². The van der Waals surface area contributed by atoms with Crippen molar-refractivity contribution in [2.75, 3.05) is 4.90 Å². The second-order valence-electron chi connectivity index (χ2n) is 6.15. The quantitative estimate of drug-likeness (QED) is 0.862. The third kappa shape index (κ3) is 1.74. The Kier molecular flexibility index (Phi) is 2.43. The lowest BCUT2D eigenvalue weighted by molar-refractivity contribution is -0.142. The molecule has 6 heteroatoms. The van der Waals surface area contributed by atoms with Gasteiger partial charge < -0.3 is 15.0 Å². The molecular formula is C14H17N3O3. The zero-order valence-corrected chi connectivity index (χ0v) is 11.1. The molecule has 3 atom stereocenters. The number of nitrogens with one attached hydrogen (secondary N) is 1. The molecule has 106 valence electrons. The van der Waals surface area contributed by atoms with Gasteiger partial charge in [0.25, 0.3) is 5.56 Å². The standard InChI is InChI=1S/C14H17N3O3/c18-12-6-11(15-13(16-12)7-1-2-7)17-8-3-4-10(17)9(5-8)14(19)20/h6-10H,1-5H2,(H,19,20)(H,15,16,18). The van der Waals surface area contributed by atoms with Gasteiger partial charge in [-0.3, -0.25) is 9.59 Å². The van der Waals surface area contributed by atoms with E-state index in [2.05, 4.69) is 14.9 Å². The Bertz CT molecular complexity index is 622. The van der Waals surface area contributed by atoms with Gasteiger partial charge in [0.1, 0.15) is 11.6 Å². The number of hydrogen-bond donors (Lipinski definition) is 2. The number of carbonyl (C=O) groups is 1. The molecule has 0 aromatic carbocycles. The summed E-state index contributed by atoms with van der Waals surface area (Å²) in [6.07, 6.45) is 4.72. The Balaban J connectivity index is 1.71. The van der Waals surface area contributed by atoms with Crippen molar-refractivity contribution in [3.05, 3.63) is 22.2 Å².